The zero-order valence-electron chi connectivity index (χ0n) is 12.9. The Morgan fingerprint density at radius 1 is 1.05 bits per heavy atom. The summed E-state index contributed by atoms with van der Waals surface area (Å²) in [5.41, 5.74) is 2.77. The average molecular weight is 319 g/mol. The monoisotopic (exact) mass is 319 g/mol. The summed E-state index contributed by atoms with van der Waals surface area (Å²) >= 11 is 0. The van der Waals surface area contributed by atoms with Crippen LogP contribution in [0.25, 0.3) is 0 Å². The summed E-state index contributed by atoms with van der Waals surface area (Å²) in [4.78, 5) is 0. The molecule has 1 N–H and O–H groups in total. The highest BCUT2D eigenvalue weighted by Gasteiger charge is 2.11. The highest BCUT2D eigenvalue weighted by Crippen LogP contribution is 2.14. The molecule has 0 fully saturated rings. The van der Waals surface area contributed by atoms with Gasteiger partial charge in [0.25, 0.3) is 0 Å². The number of rotatable bonds is 7. The van der Waals surface area contributed by atoms with Crippen molar-refractivity contribution in [2.75, 3.05) is 6.61 Å². The molecular weight excluding hydrogens is 298 g/mol. The van der Waals surface area contributed by atoms with Crippen LogP contribution in [0.15, 0.2) is 48.5 Å². The predicted octanol–water partition coefficient (Wildman–Crippen LogP) is 3.01. The Balaban J connectivity index is 1.97. The van der Waals surface area contributed by atoms with Crippen LogP contribution in [0, 0.1) is 6.92 Å². The van der Waals surface area contributed by atoms with E-state index in [1.807, 2.05) is 62.4 Å². The fourth-order valence-corrected chi connectivity index (χ4v) is 3.18. The van der Waals surface area contributed by atoms with Crippen LogP contribution in [-0.4, -0.2) is 15.0 Å². The van der Waals surface area contributed by atoms with Crippen molar-refractivity contribution in [3.63, 3.8) is 0 Å². The molecule has 0 heterocycles. The standard InChI is InChI=1S/C17H21NO3S/c1-3-21-17-6-4-5-16(11-17)12-18-22(19,20)13-15-9-7-14(2)8-10-15/h4-11,18H,3,12-13H2,1-2H3. The van der Waals surface area contributed by atoms with Crippen LogP contribution >= 0.6 is 0 Å². The van der Waals surface area contributed by atoms with Gasteiger partial charge in [-0.2, -0.15) is 0 Å². The first-order chi connectivity index (χ1) is 10.5. The first-order valence-electron chi connectivity index (χ1n) is 7.23. The van der Waals surface area contributed by atoms with E-state index in [2.05, 4.69) is 4.72 Å². The van der Waals surface area contributed by atoms with Crippen LogP contribution in [0.1, 0.15) is 23.6 Å². The van der Waals surface area contributed by atoms with E-state index in [1.165, 1.54) is 0 Å². The number of nitrogens with one attached hydrogen (secondary N) is 1. The lowest BCUT2D eigenvalue weighted by molar-refractivity contribution is 0.340. The Labute approximate surface area is 132 Å². The first-order valence-corrected chi connectivity index (χ1v) is 8.88. The van der Waals surface area contributed by atoms with Crippen molar-refractivity contribution in [3.8, 4) is 5.75 Å². The van der Waals surface area contributed by atoms with E-state index in [0.717, 1.165) is 22.4 Å². The summed E-state index contributed by atoms with van der Waals surface area (Å²) in [5.74, 6) is 0.732. The van der Waals surface area contributed by atoms with Gasteiger partial charge in [0.1, 0.15) is 5.75 Å². The minimum absolute atomic E-state index is 0.0154. The van der Waals surface area contributed by atoms with Gasteiger partial charge in [0.05, 0.1) is 12.4 Å². The fraction of sp³-hybridized carbons (Fsp3) is 0.294. The quantitative estimate of drug-likeness (QED) is 0.853. The third kappa shape index (κ3) is 5.16. The van der Waals surface area contributed by atoms with Gasteiger partial charge < -0.3 is 4.74 Å². The van der Waals surface area contributed by atoms with Crippen molar-refractivity contribution < 1.29 is 13.2 Å². The van der Waals surface area contributed by atoms with E-state index < -0.39 is 10.0 Å². The smallest absolute Gasteiger partial charge is 0.216 e. The summed E-state index contributed by atoms with van der Waals surface area (Å²) < 4.78 is 32.3. The van der Waals surface area contributed by atoms with Gasteiger partial charge in [0, 0.05) is 6.54 Å². The Kier molecular flexibility index (Phi) is 5.57. The summed E-state index contributed by atoms with van der Waals surface area (Å²) in [5, 5.41) is 0. The molecule has 2 rings (SSSR count). The Bertz CT molecular complexity index is 709. The van der Waals surface area contributed by atoms with Crippen LogP contribution < -0.4 is 9.46 Å². The molecule has 0 atom stereocenters. The molecule has 2 aromatic rings. The zero-order chi connectivity index (χ0) is 16.0. The summed E-state index contributed by atoms with van der Waals surface area (Å²) in [6.45, 7) is 4.73. The van der Waals surface area contributed by atoms with Crippen LogP contribution in [0.5, 0.6) is 5.75 Å². The second kappa shape index (κ2) is 7.42. The molecule has 0 aliphatic rings. The van der Waals surface area contributed by atoms with Crippen molar-refractivity contribution in [3.05, 3.63) is 65.2 Å². The fourth-order valence-electron chi connectivity index (χ4n) is 2.06. The lowest BCUT2D eigenvalue weighted by Crippen LogP contribution is -2.24. The van der Waals surface area contributed by atoms with Gasteiger partial charge >= 0.3 is 0 Å². The van der Waals surface area contributed by atoms with Crippen LogP contribution in [0.4, 0.5) is 0 Å². The number of benzene rings is 2. The zero-order valence-corrected chi connectivity index (χ0v) is 13.7. The van der Waals surface area contributed by atoms with Crippen molar-refractivity contribution in [1.82, 2.24) is 4.72 Å². The first kappa shape index (κ1) is 16.5. The van der Waals surface area contributed by atoms with Crippen molar-refractivity contribution in [1.29, 1.82) is 0 Å². The van der Waals surface area contributed by atoms with Crippen molar-refractivity contribution in [2.45, 2.75) is 26.1 Å². The van der Waals surface area contributed by atoms with Crippen LogP contribution in [-0.2, 0) is 22.3 Å². The number of ether oxygens (including phenoxy) is 1. The maximum atomic E-state index is 12.1. The van der Waals surface area contributed by atoms with Gasteiger partial charge in [-0.25, -0.2) is 13.1 Å². The molecule has 0 aromatic heterocycles. The molecule has 0 bridgehead atoms. The molecule has 0 saturated carbocycles. The lowest BCUT2D eigenvalue weighted by Gasteiger charge is -2.09. The molecule has 4 nitrogen and oxygen atoms in total. The molecule has 118 valence electrons. The molecule has 5 heteroatoms. The maximum absolute atomic E-state index is 12.1. The molecule has 0 radical (unpaired) electrons. The number of hydrogen-bond donors (Lipinski definition) is 1. The third-order valence-electron chi connectivity index (χ3n) is 3.18. The molecule has 0 saturated heterocycles. The number of aryl methyl sites for hydroxylation is 1. The normalized spacial score (nSPS) is 11.4. The van der Waals surface area contributed by atoms with Crippen LogP contribution in [0.3, 0.4) is 0 Å². The van der Waals surface area contributed by atoms with Gasteiger partial charge in [0.2, 0.25) is 10.0 Å². The highest BCUT2D eigenvalue weighted by molar-refractivity contribution is 7.88. The number of sulfonamides is 1. The average Bonchev–Trinajstić information content (AvgIpc) is 2.48. The van der Waals surface area contributed by atoms with Gasteiger partial charge in [-0.1, -0.05) is 42.0 Å². The van der Waals surface area contributed by atoms with Gasteiger partial charge in [-0.15, -0.1) is 0 Å². The second-order valence-electron chi connectivity index (χ2n) is 5.15. The third-order valence-corrected chi connectivity index (χ3v) is 4.48. The summed E-state index contributed by atoms with van der Waals surface area (Å²) in [6, 6.07) is 14.9. The van der Waals surface area contributed by atoms with E-state index in [4.69, 9.17) is 4.74 Å². The van der Waals surface area contributed by atoms with Gasteiger partial charge in [-0.3, -0.25) is 0 Å². The van der Waals surface area contributed by atoms with E-state index in [1.54, 1.807) is 0 Å². The number of hydrogen-bond acceptors (Lipinski definition) is 3. The van der Waals surface area contributed by atoms with E-state index in [-0.39, 0.29) is 12.3 Å². The Morgan fingerprint density at radius 2 is 1.77 bits per heavy atom. The maximum Gasteiger partial charge on any atom is 0.216 e. The van der Waals surface area contributed by atoms with E-state index in [0.29, 0.717) is 6.61 Å². The largest absolute Gasteiger partial charge is 0.494 e. The molecule has 2 aromatic carbocycles. The van der Waals surface area contributed by atoms with E-state index >= 15 is 0 Å². The highest BCUT2D eigenvalue weighted by atomic mass is 32.2. The molecule has 0 amide bonds. The molecule has 22 heavy (non-hydrogen) atoms. The second-order valence-corrected chi connectivity index (χ2v) is 6.95. The molecule has 0 spiro atoms. The van der Waals surface area contributed by atoms with Gasteiger partial charge in [0.15, 0.2) is 0 Å². The summed E-state index contributed by atoms with van der Waals surface area (Å²) in [6.07, 6.45) is 0. The lowest BCUT2D eigenvalue weighted by atomic mass is 10.2. The van der Waals surface area contributed by atoms with Crippen LogP contribution in [0.2, 0.25) is 0 Å². The SMILES string of the molecule is CCOc1cccc(CNS(=O)(=O)Cc2ccc(C)cc2)c1. The van der Waals surface area contributed by atoms with Crippen molar-refractivity contribution >= 4 is 10.0 Å². The minimum Gasteiger partial charge on any atom is -0.494 e. The topological polar surface area (TPSA) is 55.4 Å². The Hall–Kier alpha value is -1.85. The predicted molar refractivity (Wildman–Crippen MR) is 88.3 cm³/mol. The van der Waals surface area contributed by atoms with E-state index in [9.17, 15) is 8.42 Å². The molecular formula is C17H21NO3S. The molecule has 0 unspecified atom stereocenters. The molecule has 0 aliphatic heterocycles. The Morgan fingerprint density at radius 3 is 2.45 bits per heavy atom. The molecule has 0 aliphatic carbocycles. The van der Waals surface area contributed by atoms with Gasteiger partial charge in [-0.05, 0) is 37.1 Å². The summed E-state index contributed by atoms with van der Waals surface area (Å²) in [7, 11) is -3.36. The minimum atomic E-state index is -3.36. The van der Waals surface area contributed by atoms with Crippen molar-refractivity contribution in [2.24, 2.45) is 0 Å².